The lowest BCUT2D eigenvalue weighted by atomic mass is 10.1. The summed E-state index contributed by atoms with van der Waals surface area (Å²) in [5, 5.41) is 3.26. The molecule has 0 fully saturated rings. The van der Waals surface area contributed by atoms with Gasteiger partial charge in [-0.3, -0.25) is 5.32 Å². The summed E-state index contributed by atoms with van der Waals surface area (Å²) in [5.74, 6) is 0.395. The van der Waals surface area contributed by atoms with E-state index in [1.165, 1.54) is 23.5 Å². The lowest BCUT2D eigenvalue weighted by molar-refractivity contribution is 0.215. The van der Waals surface area contributed by atoms with E-state index in [0.29, 0.717) is 32.7 Å². The molecule has 1 aromatic heterocycles. The van der Waals surface area contributed by atoms with Gasteiger partial charge in [-0.05, 0) is 49.4 Å². The van der Waals surface area contributed by atoms with Crippen LogP contribution in [0.25, 0.3) is 10.2 Å². The molecule has 0 bridgehead atoms. The number of aromatic nitrogens is 1. The van der Waals surface area contributed by atoms with Crippen LogP contribution in [-0.2, 0) is 0 Å². The third kappa shape index (κ3) is 4.90. The summed E-state index contributed by atoms with van der Waals surface area (Å²) in [6.45, 7) is 1.73. The first-order valence-electron chi connectivity index (χ1n) is 9.15. The summed E-state index contributed by atoms with van der Waals surface area (Å²) in [6.07, 6.45) is -1.22. The molecule has 31 heavy (non-hydrogen) atoms. The molecule has 0 saturated carbocycles. The molecular weight excluding hydrogens is 462 g/mol. The van der Waals surface area contributed by atoms with Gasteiger partial charge in [0.1, 0.15) is 23.4 Å². The first-order valence-corrected chi connectivity index (χ1v) is 10.7. The quantitative estimate of drug-likeness (QED) is 0.303. The highest BCUT2D eigenvalue weighted by atomic mass is 35.5. The fourth-order valence-electron chi connectivity index (χ4n) is 2.92. The third-order valence-electron chi connectivity index (χ3n) is 4.32. The average molecular weight is 477 g/mol. The molecule has 0 aliphatic rings. The molecule has 1 unspecified atom stereocenters. The first-order chi connectivity index (χ1) is 14.9. The predicted molar refractivity (Wildman–Crippen MR) is 121 cm³/mol. The van der Waals surface area contributed by atoms with Gasteiger partial charge in [0.05, 0.1) is 15.2 Å². The van der Waals surface area contributed by atoms with Crippen molar-refractivity contribution in [1.82, 2.24) is 4.98 Å². The number of thiazole rings is 1. The summed E-state index contributed by atoms with van der Waals surface area (Å²) in [7, 11) is 0. The van der Waals surface area contributed by atoms with Gasteiger partial charge in [0.25, 0.3) is 0 Å². The molecule has 0 radical (unpaired) electrons. The number of para-hydroxylation sites is 1. The number of fused-ring (bicyclic) bond motifs is 1. The van der Waals surface area contributed by atoms with Crippen LogP contribution < -0.4 is 14.8 Å². The molecule has 0 spiro atoms. The monoisotopic (exact) mass is 476 g/mol. The topological polar surface area (TPSA) is 60.5 Å². The van der Waals surface area contributed by atoms with Crippen molar-refractivity contribution >= 4 is 56.0 Å². The van der Waals surface area contributed by atoms with Crippen LogP contribution in [0.3, 0.4) is 0 Å². The van der Waals surface area contributed by atoms with Crippen molar-refractivity contribution in [2.75, 3.05) is 5.32 Å². The summed E-state index contributed by atoms with van der Waals surface area (Å²) < 4.78 is 25.7. The van der Waals surface area contributed by atoms with Crippen molar-refractivity contribution in [3.63, 3.8) is 0 Å². The number of anilines is 1. The smallest absolute Gasteiger partial charge is 0.418 e. The number of nitrogens with zero attached hydrogens (tertiary/aromatic N) is 1. The molecule has 0 aliphatic heterocycles. The van der Waals surface area contributed by atoms with E-state index in [0.717, 1.165) is 4.70 Å². The SMILES string of the molecule is CC(Oc1ccc2nc(NC(=O)Oc3ccccc3)sc2c1)c1c(Cl)ccc(F)c1Cl. The maximum atomic E-state index is 13.8. The molecular formula is C22H15Cl2FN2O3S. The number of hydrogen-bond donors (Lipinski definition) is 1. The van der Waals surface area contributed by atoms with E-state index in [9.17, 15) is 9.18 Å². The summed E-state index contributed by atoms with van der Waals surface area (Å²) in [5.41, 5.74) is 1.06. The minimum Gasteiger partial charge on any atom is -0.486 e. The van der Waals surface area contributed by atoms with Gasteiger partial charge >= 0.3 is 6.09 Å². The van der Waals surface area contributed by atoms with Crippen LogP contribution in [0.2, 0.25) is 10.0 Å². The molecule has 158 valence electrons. The zero-order chi connectivity index (χ0) is 22.0. The Kier molecular flexibility index (Phi) is 6.27. The first kappa shape index (κ1) is 21.4. The molecule has 5 nitrogen and oxygen atoms in total. The second-order valence-electron chi connectivity index (χ2n) is 6.49. The molecule has 1 N–H and O–H groups in total. The standard InChI is InChI=1S/C22H15Cl2FN2O3S/c1-12(19-15(23)8-9-16(25)20(19)24)29-14-7-10-17-18(11-14)31-21(26-17)27-22(28)30-13-5-3-2-4-6-13/h2-12H,1H3,(H,26,27,28). The maximum Gasteiger partial charge on any atom is 0.418 e. The Labute approximate surface area is 191 Å². The number of nitrogens with one attached hydrogen (secondary N) is 1. The second-order valence-corrected chi connectivity index (χ2v) is 8.31. The van der Waals surface area contributed by atoms with Crippen molar-refractivity contribution in [3.05, 3.63) is 82.1 Å². The minimum atomic E-state index is -0.634. The molecule has 4 aromatic rings. The van der Waals surface area contributed by atoms with Crippen molar-refractivity contribution in [3.8, 4) is 11.5 Å². The van der Waals surface area contributed by atoms with Crippen LogP contribution in [0.15, 0.2) is 60.7 Å². The van der Waals surface area contributed by atoms with Gasteiger partial charge in [0.15, 0.2) is 5.13 Å². The molecule has 3 aromatic carbocycles. The maximum absolute atomic E-state index is 13.8. The van der Waals surface area contributed by atoms with E-state index in [4.69, 9.17) is 32.7 Å². The van der Waals surface area contributed by atoms with Gasteiger partial charge in [-0.1, -0.05) is 52.7 Å². The molecule has 1 amide bonds. The van der Waals surface area contributed by atoms with Gasteiger partial charge < -0.3 is 9.47 Å². The highest BCUT2D eigenvalue weighted by molar-refractivity contribution is 7.22. The van der Waals surface area contributed by atoms with E-state index in [1.807, 2.05) is 6.07 Å². The number of ether oxygens (including phenoxy) is 2. The summed E-state index contributed by atoms with van der Waals surface area (Å²) in [6, 6.07) is 16.6. The lowest BCUT2D eigenvalue weighted by Gasteiger charge is -2.18. The van der Waals surface area contributed by atoms with Crippen molar-refractivity contribution in [1.29, 1.82) is 0 Å². The van der Waals surface area contributed by atoms with Crippen LogP contribution in [-0.4, -0.2) is 11.1 Å². The van der Waals surface area contributed by atoms with Gasteiger partial charge in [0.2, 0.25) is 0 Å². The zero-order valence-electron chi connectivity index (χ0n) is 16.1. The molecule has 9 heteroatoms. The average Bonchev–Trinajstić information content (AvgIpc) is 3.13. The molecule has 1 heterocycles. The number of carbonyl (C=O) groups is 1. The van der Waals surface area contributed by atoms with Gasteiger partial charge in [0, 0.05) is 10.6 Å². The Bertz CT molecular complexity index is 1250. The zero-order valence-corrected chi connectivity index (χ0v) is 18.4. The molecule has 0 aliphatic carbocycles. The fraction of sp³-hybridized carbons (Fsp3) is 0.0909. The van der Waals surface area contributed by atoms with Gasteiger partial charge in [-0.2, -0.15) is 0 Å². The highest BCUT2D eigenvalue weighted by Gasteiger charge is 2.19. The Morgan fingerprint density at radius 3 is 2.65 bits per heavy atom. The Morgan fingerprint density at radius 1 is 1.10 bits per heavy atom. The van der Waals surface area contributed by atoms with Crippen LogP contribution in [0.1, 0.15) is 18.6 Å². The van der Waals surface area contributed by atoms with Crippen LogP contribution in [0.4, 0.5) is 14.3 Å². The number of carbonyl (C=O) groups excluding carboxylic acids is 1. The second kappa shape index (κ2) is 9.09. The van der Waals surface area contributed by atoms with E-state index in [1.54, 1.807) is 49.4 Å². The van der Waals surface area contributed by atoms with Gasteiger partial charge in [-0.25, -0.2) is 14.2 Å². The number of halogens is 3. The normalized spacial score (nSPS) is 11.9. The number of benzene rings is 3. The largest absolute Gasteiger partial charge is 0.486 e. The lowest BCUT2D eigenvalue weighted by Crippen LogP contribution is -2.16. The van der Waals surface area contributed by atoms with Gasteiger partial charge in [-0.15, -0.1) is 0 Å². The number of amides is 1. The van der Waals surface area contributed by atoms with Crippen LogP contribution in [0, 0.1) is 5.82 Å². The van der Waals surface area contributed by atoms with E-state index < -0.39 is 18.0 Å². The molecule has 0 saturated heterocycles. The minimum absolute atomic E-state index is 0.0673. The van der Waals surface area contributed by atoms with E-state index in [-0.39, 0.29) is 5.02 Å². The van der Waals surface area contributed by atoms with E-state index in [2.05, 4.69) is 10.3 Å². The summed E-state index contributed by atoms with van der Waals surface area (Å²) in [4.78, 5) is 16.4. The Balaban J connectivity index is 1.49. The molecule has 1 atom stereocenters. The van der Waals surface area contributed by atoms with Crippen LogP contribution >= 0.6 is 34.5 Å². The Hall–Kier alpha value is -2.87. The highest BCUT2D eigenvalue weighted by Crippen LogP contribution is 2.36. The van der Waals surface area contributed by atoms with E-state index >= 15 is 0 Å². The summed E-state index contributed by atoms with van der Waals surface area (Å²) >= 11 is 13.5. The predicted octanol–water partition coefficient (Wildman–Crippen LogP) is 7.49. The number of rotatable bonds is 5. The Morgan fingerprint density at radius 2 is 1.87 bits per heavy atom. The van der Waals surface area contributed by atoms with Crippen molar-refractivity contribution in [2.24, 2.45) is 0 Å². The van der Waals surface area contributed by atoms with Crippen molar-refractivity contribution in [2.45, 2.75) is 13.0 Å². The molecule has 4 rings (SSSR count). The third-order valence-corrected chi connectivity index (χ3v) is 5.97. The van der Waals surface area contributed by atoms with Crippen molar-refractivity contribution < 1.29 is 18.7 Å². The van der Waals surface area contributed by atoms with Crippen LogP contribution in [0.5, 0.6) is 11.5 Å². The fourth-order valence-corrected chi connectivity index (χ4v) is 4.48. The number of hydrogen-bond acceptors (Lipinski definition) is 5.